The van der Waals surface area contributed by atoms with E-state index in [-0.39, 0.29) is 11.9 Å². The maximum Gasteiger partial charge on any atom is 0.309 e. The third kappa shape index (κ3) is 6.61. The lowest BCUT2D eigenvalue weighted by atomic mass is 9.97. The highest BCUT2D eigenvalue weighted by Gasteiger charge is 2.27. The number of guanidine groups is 1. The van der Waals surface area contributed by atoms with Crippen molar-refractivity contribution < 1.29 is 9.53 Å². The van der Waals surface area contributed by atoms with E-state index in [1.54, 1.807) is 0 Å². The van der Waals surface area contributed by atoms with Crippen molar-refractivity contribution in [3.05, 3.63) is 30.3 Å². The van der Waals surface area contributed by atoms with Gasteiger partial charge in [-0.25, -0.2) is 0 Å². The number of hydrogen-bond acceptors (Lipinski definition) is 4. The number of carbonyl (C=O) groups excluding carboxylic acids is 1. The Kier molecular flexibility index (Phi) is 8.66. The largest absolute Gasteiger partial charge is 0.466 e. The summed E-state index contributed by atoms with van der Waals surface area (Å²) in [4.78, 5) is 20.1. The number of aliphatic imine (C=N–C) groups is 1. The van der Waals surface area contributed by atoms with Crippen LogP contribution in [0.15, 0.2) is 40.2 Å². The number of thioether (sulfide) groups is 1. The average molecular weight is 364 g/mol. The summed E-state index contributed by atoms with van der Waals surface area (Å²) in [5.74, 6) is 1.90. The van der Waals surface area contributed by atoms with Crippen LogP contribution in [-0.4, -0.2) is 55.4 Å². The molecule has 0 spiro atoms. The SMILES string of the molecule is CCNC(=NCCSc1ccccc1)N1CCC(C(=O)OCC)CC1. The Hall–Kier alpha value is -1.69. The van der Waals surface area contributed by atoms with Crippen LogP contribution in [0, 0.1) is 5.92 Å². The second-order valence-corrected chi connectivity index (χ2v) is 7.08. The van der Waals surface area contributed by atoms with E-state index in [0.29, 0.717) is 6.61 Å². The molecule has 5 nitrogen and oxygen atoms in total. The molecule has 0 amide bonds. The molecule has 1 N–H and O–H groups in total. The number of carbonyl (C=O) groups is 1. The van der Waals surface area contributed by atoms with E-state index in [2.05, 4.69) is 41.4 Å². The third-order valence-corrected chi connectivity index (χ3v) is 5.11. The Labute approximate surface area is 155 Å². The second kappa shape index (κ2) is 11.0. The third-order valence-electron chi connectivity index (χ3n) is 4.11. The Bertz CT molecular complexity index is 543. The van der Waals surface area contributed by atoms with Crippen LogP contribution in [0.5, 0.6) is 0 Å². The molecule has 0 bridgehead atoms. The van der Waals surface area contributed by atoms with Gasteiger partial charge in [0.2, 0.25) is 0 Å². The zero-order valence-electron chi connectivity index (χ0n) is 15.2. The van der Waals surface area contributed by atoms with Crippen molar-refractivity contribution in [2.75, 3.05) is 38.5 Å². The highest BCUT2D eigenvalue weighted by Crippen LogP contribution is 2.19. The molecule has 0 unspecified atom stereocenters. The molecule has 0 radical (unpaired) electrons. The molecule has 0 atom stereocenters. The summed E-state index contributed by atoms with van der Waals surface area (Å²) in [5, 5.41) is 3.37. The molecule has 0 saturated carbocycles. The van der Waals surface area contributed by atoms with Gasteiger partial charge in [-0.05, 0) is 38.8 Å². The Morgan fingerprint density at radius 2 is 2.00 bits per heavy atom. The molecule has 0 aliphatic carbocycles. The maximum atomic E-state index is 11.9. The van der Waals surface area contributed by atoms with Crippen molar-refractivity contribution in [3.8, 4) is 0 Å². The fraction of sp³-hybridized carbons (Fsp3) is 0.579. The molecule has 1 saturated heterocycles. The Balaban J connectivity index is 1.80. The summed E-state index contributed by atoms with van der Waals surface area (Å²) in [5.41, 5.74) is 0. The topological polar surface area (TPSA) is 53.9 Å². The molecule has 1 aromatic carbocycles. The lowest BCUT2D eigenvalue weighted by Gasteiger charge is -2.33. The predicted octanol–water partition coefficient (Wildman–Crippen LogP) is 3.02. The van der Waals surface area contributed by atoms with Crippen LogP contribution in [0.25, 0.3) is 0 Å². The number of likely N-dealkylation sites (tertiary alicyclic amines) is 1. The van der Waals surface area contributed by atoms with Crippen LogP contribution in [-0.2, 0) is 9.53 Å². The molecule has 138 valence electrons. The van der Waals surface area contributed by atoms with Crippen molar-refractivity contribution in [3.63, 3.8) is 0 Å². The molecule has 25 heavy (non-hydrogen) atoms. The van der Waals surface area contributed by atoms with Gasteiger partial charge in [0.15, 0.2) is 5.96 Å². The summed E-state index contributed by atoms with van der Waals surface area (Å²) in [6.07, 6.45) is 1.67. The van der Waals surface area contributed by atoms with Gasteiger partial charge in [-0.2, -0.15) is 0 Å². The molecule has 1 heterocycles. The molecule has 6 heteroatoms. The number of esters is 1. The van der Waals surface area contributed by atoms with Crippen molar-refractivity contribution in [2.24, 2.45) is 10.9 Å². The van der Waals surface area contributed by atoms with E-state index in [9.17, 15) is 4.79 Å². The van der Waals surface area contributed by atoms with Crippen LogP contribution in [0.2, 0.25) is 0 Å². The van der Waals surface area contributed by atoms with Gasteiger partial charge < -0.3 is 15.0 Å². The maximum absolute atomic E-state index is 11.9. The number of ether oxygens (including phenoxy) is 1. The summed E-state index contributed by atoms with van der Waals surface area (Å²) in [7, 11) is 0. The fourth-order valence-corrected chi connectivity index (χ4v) is 3.61. The molecule has 1 fully saturated rings. The minimum absolute atomic E-state index is 0.0349. The number of nitrogens with one attached hydrogen (secondary N) is 1. The van der Waals surface area contributed by atoms with Gasteiger partial charge in [-0.1, -0.05) is 18.2 Å². The zero-order chi connectivity index (χ0) is 17.9. The van der Waals surface area contributed by atoms with Crippen LogP contribution in [0.3, 0.4) is 0 Å². The van der Waals surface area contributed by atoms with E-state index >= 15 is 0 Å². The van der Waals surface area contributed by atoms with E-state index in [4.69, 9.17) is 9.73 Å². The number of nitrogens with zero attached hydrogens (tertiary/aromatic N) is 2. The quantitative estimate of drug-likeness (QED) is 0.265. The molecule has 1 aliphatic heterocycles. The first-order valence-corrected chi connectivity index (χ1v) is 10.1. The van der Waals surface area contributed by atoms with Crippen LogP contribution < -0.4 is 5.32 Å². The second-order valence-electron chi connectivity index (χ2n) is 5.91. The minimum atomic E-state index is -0.0525. The Morgan fingerprint density at radius 3 is 2.64 bits per heavy atom. The van der Waals surface area contributed by atoms with Gasteiger partial charge in [0.25, 0.3) is 0 Å². The number of hydrogen-bond donors (Lipinski definition) is 1. The summed E-state index contributed by atoms with van der Waals surface area (Å²) in [6, 6.07) is 10.4. The monoisotopic (exact) mass is 363 g/mol. The highest BCUT2D eigenvalue weighted by atomic mass is 32.2. The van der Waals surface area contributed by atoms with E-state index in [1.807, 2.05) is 24.8 Å². The van der Waals surface area contributed by atoms with Crippen molar-refractivity contribution in [1.29, 1.82) is 0 Å². The first-order chi connectivity index (χ1) is 12.2. The van der Waals surface area contributed by atoms with Gasteiger partial charge in [-0.15, -0.1) is 11.8 Å². The normalized spacial score (nSPS) is 15.9. The van der Waals surface area contributed by atoms with Crippen molar-refractivity contribution in [2.45, 2.75) is 31.6 Å². The number of rotatable bonds is 7. The molecular weight excluding hydrogens is 334 g/mol. The first kappa shape index (κ1) is 19.6. The van der Waals surface area contributed by atoms with Crippen LogP contribution in [0.4, 0.5) is 0 Å². The van der Waals surface area contributed by atoms with Gasteiger partial charge in [0.1, 0.15) is 0 Å². The fourth-order valence-electron chi connectivity index (χ4n) is 2.84. The molecule has 0 aromatic heterocycles. The van der Waals surface area contributed by atoms with Gasteiger partial charge in [0, 0.05) is 30.3 Å². The smallest absolute Gasteiger partial charge is 0.309 e. The highest BCUT2D eigenvalue weighted by molar-refractivity contribution is 7.99. The summed E-state index contributed by atoms with van der Waals surface area (Å²) < 4.78 is 5.14. The Morgan fingerprint density at radius 1 is 1.28 bits per heavy atom. The van der Waals surface area contributed by atoms with Crippen molar-refractivity contribution in [1.82, 2.24) is 10.2 Å². The molecule has 1 aromatic rings. The standard InChI is InChI=1S/C19H29N3O2S/c1-3-20-19(21-12-15-25-17-8-6-5-7-9-17)22-13-10-16(11-14-22)18(23)24-4-2/h5-9,16H,3-4,10-15H2,1-2H3,(H,20,21). The zero-order valence-corrected chi connectivity index (χ0v) is 16.1. The van der Waals surface area contributed by atoms with E-state index in [0.717, 1.165) is 50.7 Å². The minimum Gasteiger partial charge on any atom is -0.466 e. The lowest BCUT2D eigenvalue weighted by Crippen LogP contribution is -2.46. The van der Waals surface area contributed by atoms with E-state index in [1.165, 1.54) is 4.90 Å². The van der Waals surface area contributed by atoms with Crippen LogP contribution in [0.1, 0.15) is 26.7 Å². The molecular formula is C19H29N3O2S. The number of piperidine rings is 1. The van der Waals surface area contributed by atoms with Crippen molar-refractivity contribution >= 4 is 23.7 Å². The van der Waals surface area contributed by atoms with Crippen LogP contribution >= 0.6 is 11.8 Å². The molecule has 1 aliphatic rings. The van der Waals surface area contributed by atoms with Gasteiger partial charge in [0.05, 0.1) is 19.1 Å². The average Bonchev–Trinajstić information content (AvgIpc) is 2.65. The summed E-state index contributed by atoms with van der Waals surface area (Å²) >= 11 is 1.82. The van der Waals surface area contributed by atoms with Gasteiger partial charge >= 0.3 is 5.97 Å². The predicted molar refractivity (Wildman–Crippen MR) is 104 cm³/mol. The lowest BCUT2D eigenvalue weighted by molar-refractivity contribution is -0.149. The number of benzene rings is 1. The molecule has 2 rings (SSSR count). The van der Waals surface area contributed by atoms with E-state index < -0.39 is 0 Å². The summed E-state index contributed by atoms with van der Waals surface area (Å²) in [6.45, 7) is 7.72. The van der Waals surface area contributed by atoms with Gasteiger partial charge in [-0.3, -0.25) is 9.79 Å². The first-order valence-electron chi connectivity index (χ1n) is 9.12.